The van der Waals surface area contributed by atoms with E-state index in [1.54, 1.807) is 0 Å². The van der Waals surface area contributed by atoms with Gasteiger partial charge in [0.15, 0.2) is 5.82 Å². The van der Waals surface area contributed by atoms with E-state index in [-0.39, 0.29) is 24.5 Å². The van der Waals surface area contributed by atoms with Gasteiger partial charge >= 0.3 is 0 Å². The summed E-state index contributed by atoms with van der Waals surface area (Å²) in [6.07, 6.45) is 0.625. The maximum Gasteiger partial charge on any atom is 0.243 e. The van der Waals surface area contributed by atoms with Crippen LogP contribution in [0.2, 0.25) is 5.02 Å². The monoisotopic (exact) mass is 418 g/mol. The van der Waals surface area contributed by atoms with Crippen LogP contribution in [0.5, 0.6) is 0 Å². The van der Waals surface area contributed by atoms with Crippen molar-refractivity contribution in [2.24, 2.45) is 5.73 Å². The molecule has 1 unspecified atom stereocenters. The Morgan fingerprint density at radius 2 is 1.86 bits per heavy atom. The summed E-state index contributed by atoms with van der Waals surface area (Å²) in [5.74, 6) is 1.65. The zero-order valence-electron chi connectivity index (χ0n) is 15.7. The summed E-state index contributed by atoms with van der Waals surface area (Å²) in [5.41, 5.74) is 8.81. The van der Waals surface area contributed by atoms with Crippen molar-refractivity contribution >= 4 is 24.0 Å². The van der Waals surface area contributed by atoms with Gasteiger partial charge in [0, 0.05) is 36.5 Å². The number of nitrogens with zero attached hydrogens (tertiary/aromatic N) is 3. The minimum Gasteiger partial charge on any atom is -0.338 e. The van der Waals surface area contributed by atoms with Gasteiger partial charge in [-0.2, -0.15) is 4.98 Å². The van der Waals surface area contributed by atoms with Crippen molar-refractivity contribution in [2.75, 3.05) is 13.1 Å². The highest BCUT2D eigenvalue weighted by atomic mass is 35.5. The lowest BCUT2D eigenvalue weighted by Crippen LogP contribution is -2.30. The molecule has 1 aliphatic rings. The third kappa shape index (κ3) is 4.55. The van der Waals surface area contributed by atoms with Crippen molar-refractivity contribution in [3.8, 4) is 0 Å². The molecule has 0 spiro atoms. The van der Waals surface area contributed by atoms with Crippen LogP contribution in [0.4, 0.5) is 0 Å². The summed E-state index contributed by atoms with van der Waals surface area (Å²) in [4.78, 5) is 6.92. The van der Waals surface area contributed by atoms with Crippen LogP contribution in [0.3, 0.4) is 0 Å². The van der Waals surface area contributed by atoms with E-state index in [1.807, 2.05) is 30.3 Å². The van der Waals surface area contributed by atoms with E-state index in [0.29, 0.717) is 24.1 Å². The molecule has 1 saturated heterocycles. The Labute approximate surface area is 176 Å². The molecule has 0 bridgehead atoms. The zero-order chi connectivity index (χ0) is 18.8. The van der Waals surface area contributed by atoms with Gasteiger partial charge in [0.2, 0.25) is 5.89 Å². The second-order valence-electron chi connectivity index (χ2n) is 7.16. The summed E-state index contributed by atoms with van der Waals surface area (Å²) < 4.78 is 5.54. The van der Waals surface area contributed by atoms with Crippen LogP contribution in [0.1, 0.15) is 41.7 Å². The lowest BCUT2D eigenvalue weighted by atomic mass is 9.95. The number of likely N-dealkylation sites (tertiary alicyclic amines) is 1. The van der Waals surface area contributed by atoms with E-state index in [4.69, 9.17) is 21.9 Å². The smallest absolute Gasteiger partial charge is 0.243 e. The molecule has 3 aromatic rings. The lowest BCUT2D eigenvalue weighted by molar-refractivity contribution is 0.205. The van der Waals surface area contributed by atoms with Crippen molar-refractivity contribution in [1.82, 2.24) is 15.0 Å². The van der Waals surface area contributed by atoms with Crippen LogP contribution in [0, 0.1) is 0 Å². The van der Waals surface area contributed by atoms with E-state index in [0.717, 1.165) is 23.7 Å². The standard InChI is InChI=1S/C21H23ClN4O.ClH/c1-14(26-12-18(19(23)13-26)16-5-3-2-4-6-16)21-24-20(25-27-21)11-15-7-9-17(22)10-8-15;/h2-10,14,18-19H,11-13,23H2,1H3;1H/t14?,18-,19+;/m0./s1. The Hall–Kier alpha value is -1.92. The summed E-state index contributed by atoms with van der Waals surface area (Å²) in [6.45, 7) is 3.80. The van der Waals surface area contributed by atoms with Crippen LogP contribution >= 0.6 is 24.0 Å². The third-order valence-corrected chi connectivity index (χ3v) is 5.54. The minimum absolute atomic E-state index is 0. The maximum atomic E-state index is 6.42. The molecular weight excluding hydrogens is 395 g/mol. The first-order valence-corrected chi connectivity index (χ1v) is 9.59. The SMILES string of the molecule is CC(c1nc(Cc2ccc(Cl)cc2)no1)N1C[C@@H](N)[C@H](c2ccccc2)C1.Cl. The molecule has 148 valence electrons. The molecule has 2 N–H and O–H groups in total. The molecule has 0 aliphatic carbocycles. The van der Waals surface area contributed by atoms with Gasteiger partial charge in [0.05, 0.1) is 6.04 Å². The van der Waals surface area contributed by atoms with Crippen molar-refractivity contribution in [1.29, 1.82) is 0 Å². The molecule has 2 heterocycles. The molecule has 0 radical (unpaired) electrons. The quantitative estimate of drug-likeness (QED) is 0.671. The average molecular weight is 419 g/mol. The van der Waals surface area contributed by atoms with E-state index >= 15 is 0 Å². The first-order chi connectivity index (χ1) is 13.1. The van der Waals surface area contributed by atoms with Gasteiger partial charge in [-0.25, -0.2) is 0 Å². The second-order valence-corrected chi connectivity index (χ2v) is 7.60. The first-order valence-electron chi connectivity index (χ1n) is 9.21. The second kappa shape index (κ2) is 9.05. The summed E-state index contributed by atoms with van der Waals surface area (Å²) >= 11 is 5.94. The van der Waals surface area contributed by atoms with Crippen LogP contribution in [0.25, 0.3) is 0 Å². The average Bonchev–Trinajstić information content (AvgIpc) is 3.30. The molecule has 1 aromatic heterocycles. The highest BCUT2D eigenvalue weighted by molar-refractivity contribution is 6.30. The van der Waals surface area contributed by atoms with Crippen molar-refractivity contribution in [3.63, 3.8) is 0 Å². The predicted molar refractivity (Wildman–Crippen MR) is 113 cm³/mol. The molecule has 0 saturated carbocycles. The topological polar surface area (TPSA) is 68.2 Å². The largest absolute Gasteiger partial charge is 0.338 e. The summed E-state index contributed by atoms with van der Waals surface area (Å²) in [7, 11) is 0. The maximum absolute atomic E-state index is 6.42. The minimum atomic E-state index is 0. The number of halogens is 2. The zero-order valence-corrected chi connectivity index (χ0v) is 17.2. The lowest BCUT2D eigenvalue weighted by Gasteiger charge is -2.20. The molecule has 28 heavy (non-hydrogen) atoms. The van der Waals surface area contributed by atoms with Gasteiger partial charge < -0.3 is 10.3 Å². The molecule has 7 heteroatoms. The van der Waals surface area contributed by atoms with Gasteiger partial charge in [-0.05, 0) is 30.2 Å². The van der Waals surface area contributed by atoms with E-state index < -0.39 is 0 Å². The number of hydrogen-bond acceptors (Lipinski definition) is 5. The van der Waals surface area contributed by atoms with E-state index in [9.17, 15) is 0 Å². The Morgan fingerprint density at radius 3 is 2.57 bits per heavy atom. The molecule has 5 nitrogen and oxygen atoms in total. The van der Waals surface area contributed by atoms with E-state index in [2.05, 4.69) is 46.2 Å². The van der Waals surface area contributed by atoms with Crippen molar-refractivity contribution in [3.05, 3.63) is 82.5 Å². The fourth-order valence-electron chi connectivity index (χ4n) is 3.68. The molecular formula is C21H24Cl2N4O. The molecule has 1 fully saturated rings. The Bertz CT molecular complexity index is 885. The molecule has 0 amide bonds. The van der Waals surface area contributed by atoms with Crippen LogP contribution in [0.15, 0.2) is 59.1 Å². The van der Waals surface area contributed by atoms with Crippen LogP contribution in [-0.2, 0) is 6.42 Å². The van der Waals surface area contributed by atoms with Crippen LogP contribution < -0.4 is 5.73 Å². The number of benzene rings is 2. The number of hydrogen-bond donors (Lipinski definition) is 1. The van der Waals surface area contributed by atoms with Gasteiger partial charge in [-0.3, -0.25) is 4.90 Å². The van der Waals surface area contributed by atoms with Crippen molar-refractivity contribution in [2.45, 2.75) is 31.3 Å². The van der Waals surface area contributed by atoms with Crippen molar-refractivity contribution < 1.29 is 4.52 Å². The molecule has 2 aromatic carbocycles. The fraction of sp³-hybridized carbons (Fsp3) is 0.333. The Balaban J connectivity index is 0.00000225. The Morgan fingerprint density at radius 1 is 1.14 bits per heavy atom. The molecule has 3 atom stereocenters. The number of aromatic nitrogens is 2. The Kier molecular flexibility index (Phi) is 6.73. The highest BCUT2D eigenvalue weighted by Crippen LogP contribution is 2.32. The molecule has 1 aliphatic heterocycles. The van der Waals surface area contributed by atoms with Crippen LogP contribution in [-0.4, -0.2) is 34.2 Å². The van der Waals surface area contributed by atoms with Gasteiger partial charge in [0.25, 0.3) is 0 Å². The summed E-state index contributed by atoms with van der Waals surface area (Å²) in [6, 6.07) is 18.3. The van der Waals surface area contributed by atoms with Gasteiger partial charge in [0.1, 0.15) is 0 Å². The summed E-state index contributed by atoms with van der Waals surface area (Å²) in [5, 5.41) is 4.87. The normalized spacial score (nSPS) is 20.7. The third-order valence-electron chi connectivity index (χ3n) is 5.29. The highest BCUT2D eigenvalue weighted by Gasteiger charge is 2.35. The van der Waals surface area contributed by atoms with Gasteiger partial charge in [-0.15, -0.1) is 12.4 Å². The fourth-order valence-corrected chi connectivity index (χ4v) is 3.81. The molecule has 4 rings (SSSR count). The van der Waals surface area contributed by atoms with E-state index in [1.165, 1.54) is 5.56 Å². The number of rotatable bonds is 5. The van der Waals surface area contributed by atoms with Gasteiger partial charge in [-0.1, -0.05) is 59.2 Å². The first kappa shape index (κ1) is 20.8. The predicted octanol–water partition coefficient (Wildman–Crippen LogP) is 4.22. The number of nitrogens with two attached hydrogens (primary N) is 1.